The van der Waals surface area contributed by atoms with E-state index in [0.717, 1.165) is 40.4 Å². The monoisotopic (exact) mass is 309 g/mol. The first kappa shape index (κ1) is 13.8. The molecular formula is C15H16ClNO2S. The topological polar surface area (TPSA) is 43.1 Å². The minimum atomic E-state index is -1.03. The second-order valence-electron chi connectivity index (χ2n) is 5.11. The average Bonchev–Trinajstić information content (AvgIpc) is 2.95. The highest BCUT2D eigenvalue weighted by atomic mass is 35.5. The molecule has 0 bridgehead atoms. The van der Waals surface area contributed by atoms with E-state index in [1.165, 1.54) is 0 Å². The van der Waals surface area contributed by atoms with Crippen LogP contribution in [-0.2, 0) is 23.0 Å². The van der Waals surface area contributed by atoms with Crippen LogP contribution in [0.1, 0.15) is 40.1 Å². The van der Waals surface area contributed by atoms with Crippen LogP contribution in [-0.4, -0.2) is 9.19 Å². The molecule has 0 saturated carbocycles. The van der Waals surface area contributed by atoms with Crippen LogP contribution in [0.4, 0.5) is 0 Å². The summed E-state index contributed by atoms with van der Waals surface area (Å²) in [6, 6.07) is 5.85. The van der Waals surface area contributed by atoms with Gasteiger partial charge in [0, 0.05) is 15.8 Å². The summed E-state index contributed by atoms with van der Waals surface area (Å²) in [7, 11) is -1.03. The third-order valence-corrected chi connectivity index (χ3v) is 5.82. The zero-order valence-corrected chi connectivity index (χ0v) is 13.1. The molecule has 20 heavy (non-hydrogen) atoms. The molecule has 1 aromatic carbocycles. The number of fused-ring (bicyclic) bond motifs is 1. The summed E-state index contributed by atoms with van der Waals surface area (Å²) in [6.07, 6.45) is 1.78. The molecule has 1 heterocycles. The molecule has 106 valence electrons. The third kappa shape index (κ3) is 2.42. The zero-order valence-electron chi connectivity index (χ0n) is 11.5. The second kappa shape index (κ2) is 5.34. The molecule has 2 aromatic rings. The van der Waals surface area contributed by atoms with Crippen molar-refractivity contribution in [1.82, 2.24) is 4.98 Å². The number of hydrogen-bond acceptors (Lipinski definition) is 3. The van der Waals surface area contributed by atoms with Crippen LogP contribution < -0.4 is 0 Å². The van der Waals surface area contributed by atoms with Crippen molar-refractivity contribution in [2.75, 3.05) is 0 Å². The van der Waals surface area contributed by atoms with Gasteiger partial charge in [-0.25, -0.2) is 4.98 Å². The summed E-state index contributed by atoms with van der Waals surface area (Å²) in [6.45, 7) is 3.77. The van der Waals surface area contributed by atoms with E-state index in [1.807, 2.05) is 32.0 Å². The Balaban J connectivity index is 1.82. The van der Waals surface area contributed by atoms with Gasteiger partial charge in [0.25, 0.3) is 0 Å². The van der Waals surface area contributed by atoms with Crippen molar-refractivity contribution in [2.45, 2.75) is 37.7 Å². The van der Waals surface area contributed by atoms with Gasteiger partial charge < -0.3 is 4.42 Å². The highest BCUT2D eigenvalue weighted by Crippen LogP contribution is 2.39. The van der Waals surface area contributed by atoms with E-state index in [0.29, 0.717) is 11.6 Å². The van der Waals surface area contributed by atoms with Crippen LogP contribution in [0.5, 0.6) is 0 Å². The molecule has 0 radical (unpaired) electrons. The second-order valence-corrected chi connectivity index (χ2v) is 7.14. The lowest BCUT2D eigenvalue weighted by Gasteiger charge is -2.10. The number of halogens is 1. The van der Waals surface area contributed by atoms with E-state index in [4.69, 9.17) is 16.0 Å². The van der Waals surface area contributed by atoms with Crippen molar-refractivity contribution in [1.29, 1.82) is 0 Å². The molecule has 3 rings (SSSR count). The molecule has 0 fully saturated rings. The maximum atomic E-state index is 12.6. The minimum Gasteiger partial charge on any atom is -0.445 e. The fraction of sp³-hybridized carbons (Fsp3) is 0.400. The molecule has 0 aliphatic heterocycles. The number of hydrogen-bond donors (Lipinski definition) is 0. The normalized spacial score (nSPS) is 19.1. The predicted molar refractivity (Wildman–Crippen MR) is 80.3 cm³/mol. The molecule has 1 aliphatic rings. The van der Waals surface area contributed by atoms with Crippen molar-refractivity contribution in [3.63, 3.8) is 0 Å². The Labute approximate surface area is 125 Å². The molecule has 2 atom stereocenters. The smallest absolute Gasteiger partial charge is 0.207 e. The molecule has 0 N–H and O–H groups in total. The van der Waals surface area contributed by atoms with Gasteiger partial charge in [-0.2, -0.15) is 0 Å². The van der Waals surface area contributed by atoms with Crippen LogP contribution in [0, 0.1) is 13.8 Å². The molecular weight excluding hydrogens is 294 g/mol. The van der Waals surface area contributed by atoms with E-state index in [-0.39, 0.29) is 5.25 Å². The van der Waals surface area contributed by atoms with E-state index < -0.39 is 10.8 Å². The van der Waals surface area contributed by atoms with Gasteiger partial charge in [-0.3, -0.25) is 4.21 Å². The van der Waals surface area contributed by atoms with Crippen LogP contribution >= 0.6 is 11.6 Å². The lowest BCUT2D eigenvalue weighted by atomic mass is 10.1. The first-order chi connectivity index (χ1) is 9.56. The number of aryl methyl sites for hydroxylation is 2. The SMILES string of the molecule is Cc1nc(C[S@@](=O)[C@@H]2CCc3c(Cl)cccc32)oc1C. The summed E-state index contributed by atoms with van der Waals surface area (Å²) >= 11 is 6.19. The molecule has 1 aliphatic carbocycles. The Hall–Kier alpha value is -1.13. The number of aromatic nitrogens is 1. The fourth-order valence-corrected chi connectivity index (χ4v) is 4.40. The summed E-state index contributed by atoms with van der Waals surface area (Å²) in [5, 5.41) is 0.820. The summed E-state index contributed by atoms with van der Waals surface area (Å²) in [5.41, 5.74) is 3.13. The lowest BCUT2D eigenvalue weighted by molar-refractivity contribution is 0.487. The highest BCUT2D eigenvalue weighted by molar-refractivity contribution is 7.84. The van der Waals surface area contributed by atoms with Crippen molar-refractivity contribution >= 4 is 22.4 Å². The van der Waals surface area contributed by atoms with Crippen LogP contribution in [0.15, 0.2) is 22.6 Å². The van der Waals surface area contributed by atoms with Gasteiger partial charge >= 0.3 is 0 Å². The maximum absolute atomic E-state index is 12.6. The minimum absolute atomic E-state index is 0.0382. The first-order valence-electron chi connectivity index (χ1n) is 6.63. The summed E-state index contributed by atoms with van der Waals surface area (Å²) in [5.74, 6) is 1.73. The van der Waals surface area contributed by atoms with Gasteiger partial charge in [0.2, 0.25) is 5.89 Å². The number of benzene rings is 1. The number of oxazole rings is 1. The number of rotatable bonds is 3. The van der Waals surface area contributed by atoms with Gasteiger partial charge in [0.15, 0.2) is 0 Å². The maximum Gasteiger partial charge on any atom is 0.207 e. The first-order valence-corrected chi connectivity index (χ1v) is 8.39. The fourth-order valence-electron chi connectivity index (χ4n) is 2.67. The quantitative estimate of drug-likeness (QED) is 0.864. The van der Waals surface area contributed by atoms with Gasteiger partial charge in [-0.1, -0.05) is 23.7 Å². The van der Waals surface area contributed by atoms with E-state index >= 15 is 0 Å². The largest absolute Gasteiger partial charge is 0.445 e. The molecule has 1 aromatic heterocycles. The molecule has 0 amide bonds. The van der Waals surface area contributed by atoms with Crippen molar-refractivity contribution < 1.29 is 8.63 Å². The zero-order chi connectivity index (χ0) is 14.3. The van der Waals surface area contributed by atoms with Crippen molar-refractivity contribution in [2.24, 2.45) is 0 Å². The van der Waals surface area contributed by atoms with E-state index in [9.17, 15) is 4.21 Å². The van der Waals surface area contributed by atoms with E-state index in [2.05, 4.69) is 4.98 Å². The van der Waals surface area contributed by atoms with Crippen LogP contribution in [0.3, 0.4) is 0 Å². The van der Waals surface area contributed by atoms with Gasteiger partial charge in [-0.05, 0) is 43.9 Å². The average molecular weight is 310 g/mol. The van der Waals surface area contributed by atoms with Crippen molar-refractivity contribution in [3.8, 4) is 0 Å². The van der Waals surface area contributed by atoms with Gasteiger partial charge in [0.1, 0.15) is 11.5 Å². The molecule has 3 nitrogen and oxygen atoms in total. The molecule has 0 unspecified atom stereocenters. The Bertz CT molecular complexity index is 661. The Kier molecular flexibility index (Phi) is 3.69. The summed E-state index contributed by atoms with van der Waals surface area (Å²) < 4.78 is 18.1. The molecule has 5 heteroatoms. The molecule has 0 spiro atoms. The summed E-state index contributed by atoms with van der Waals surface area (Å²) in [4.78, 5) is 4.31. The Morgan fingerprint density at radius 2 is 2.25 bits per heavy atom. The predicted octanol–water partition coefficient (Wildman–Crippen LogP) is 3.88. The van der Waals surface area contributed by atoms with Gasteiger partial charge in [-0.15, -0.1) is 0 Å². The molecule has 0 saturated heterocycles. The van der Waals surface area contributed by atoms with Gasteiger partial charge in [0.05, 0.1) is 10.9 Å². The van der Waals surface area contributed by atoms with Crippen LogP contribution in [0.25, 0.3) is 0 Å². The highest BCUT2D eigenvalue weighted by Gasteiger charge is 2.29. The Morgan fingerprint density at radius 1 is 1.45 bits per heavy atom. The lowest BCUT2D eigenvalue weighted by Crippen LogP contribution is -2.06. The van der Waals surface area contributed by atoms with Crippen molar-refractivity contribution in [3.05, 3.63) is 51.7 Å². The third-order valence-electron chi connectivity index (χ3n) is 3.81. The Morgan fingerprint density at radius 3 is 2.95 bits per heavy atom. The number of nitrogens with zero attached hydrogens (tertiary/aromatic N) is 1. The standard InChI is InChI=1S/C15H16ClNO2S/c1-9-10(2)19-15(17-9)8-20(18)14-7-6-11-12(14)4-3-5-13(11)16/h3-5,14H,6-8H2,1-2H3/t14-,20-/m1/s1. The van der Waals surface area contributed by atoms with Crippen LogP contribution in [0.2, 0.25) is 5.02 Å². The van der Waals surface area contributed by atoms with E-state index in [1.54, 1.807) is 0 Å².